The first-order chi connectivity index (χ1) is 11.4. The Bertz CT molecular complexity index is 991. The van der Waals surface area contributed by atoms with Crippen molar-refractivity contribution < 1.29 is 4.79 Å². The summed E-state index contributed by atoms with van der Waals surface area (Å²) in [5, 5.41) is 4.19. The summed E-state index contributed by atoms with van der Waals surface area (Å²) in [5.74, 6) is -0.266. The van der Waals surface area contributed by atoms with Gasteiger partial charge in [-0.15, -0.1) is 0 Å². The van der Waals surface area contributed by atoms with Crippen molar-refractivity contribution in [3.05, 3.63) is 51.9 Å². The Morgan fingerprint density at radius 3 is 2.75 bits per heavy atom. The van der Waals surface area contributed by atoms with Gasteiger partial charge in [-0.2, -0.15) is 0 Å². The fourth-order valence-corrected chi connectivity index (χ4v) is 2.58. The van der Waals surface area contributed by atoms with Gasteiger partial charge in [0.05, 0.1) is 28.1 Å². The minimum atomic E-state index is -0.266. The average Bonchev–Trinajstić information content (AvgIpc) is 2.54. The van der Waals surface area contributed by atoms with E-state index in [0.717, 1.165) is 16.5 Å². The smallest absolute Gasteiger partial charge is 0.257 e. The van der Waals surface area contributed by atoms with Crippen LogP contribution in [0.1, 0.15) is 22.8 Å². The second kappa shape index (κ2) is 6.05. The summed E-state index contributed by atoms with van der Waals surface area (Å²) in [5.41, 5.74) is 2.33. The number of pyridine rings is 2. The molecule has 0 bridgehead atoms. The molecule has 1 amide bonds. The zero-order valence-corrected chi connectivity index (χ0v) is 14.2. The highest BCUT2D eigenvalue weighted by Crippen LogP contribution is 2.22. The van der Waals surface area contributed by atoms with Gasteiger partial charge in [0.1, 0.15) is 0 Å². The molecule has 24 heavy (non-hydrogen) atoms. The van der Waals surface area contributed by atoms with E-state index >= 15 is 0 Å². The van der Waals surface area contributed by atoms with Crippen molar-refractivity contribution >= 4 is 27.7 Å². The maximum absolute atomic E-state index is 12.6. The van der Waals surface area contributed by atoms with Crippen molar-refractivity contribution in [1.82, 2.24) is 20.2 Å². The van der Waals surface area contributed by atoms with Gasteiger partial charge in [0, 0.05) is 11.6 Å². The predicted molar refractivity (Wildman–Crippen MR) is 95.2 cm³/mol. The van der Waals surface area contributed by atoms with E-state index in [0.29, 0.717) is 16.5 Å². The van der Waals surface area contributed by atoms with Crippen LogP contribution in [0.4, 0.5) is 0 Å². The molecule has 0 aliphatic heterocycles. The first kappa shape index (κ1) is 16.1. The molecule has 0 aliphatic carbocycles. The van der Waals surface area contributed by atoms with E-state index in [-0.39, 0.29) is 17.6 Å². The number of aryl methyl sites for hydroxylation is 1. The van der Waals surface area contributed by atoms with Gasteiger partial charge in [0.15, 0.2) is 0 Å². The van der Waals surface area contributed by atoms with Crippen LogP contribution in [-0.2, 0) is 0 Å². The lowest BCUT2D eigenvalue weighted by Crippen LogP contribution is -2.42. The summed E-state index contributed by atoms with van der Waals surface area (Å²) < 4.78 is 0. The molecule has 2 heterocycles. The Labute approximate surface area is 139 Å². The van der Waals surface area contributed by atoms with Gasteiger partial charge in [-0.25, -0.2) is 4.98 Å². The van der Waals surface area contributed by atoms with Crippen LogP contribution in [0, 0.1) is 6.92 Å². The highest BCUT2D eigenvalue weighted by atomic mass is 16.2. The Hall–Kier alpha value is -2.73. The second-order valence-corrected chi connectivity index (χ2v) is 6.18. The fourth-order valence-electron chi connectivity index (χ4n) is 2.58. The number of amides is 1. The van der Waals surface area contributed by atoms with Gasteiger partial charge in [0.2, 0.25) is 0 Å². The number of aromatic nitrogens is 2. The summed E-state index contributed by atoms with van der Waals surface area (Å²) in [6.07, 6.45) is 1.29. The minimum absolute atomic E-state index is 0.137. The Balaban J connectivity index is 2.22. The molecule has 0 aliphatic rings. The summed E-state index contributed by atoms with van der Waals surface area (Å²) in [6, 6.07) is 7.58. The molecule has 0 fully saturated rings. The number of benzene rings is 1. The molecular weight excluding hydrogens is 304 g/mol. The fraction of sp³-hybridized carbons (Fsp3) is 0.278. The summed E-state index contributed by atoms with van der Waals surface area (Å²) in [7, 11) is 3.76. The lowest BCUT2D eigenvalue weighted by Gasteiger charge is -2.21. The van der Waals surface area contributed by atoms with Crippen molar-refractivity contribution in [2.75, 3.05) is 14.1 Å². The van der Waals surface area contributed by atoms with E-state index in [1.54, 1.807) is 6.07 Å². The third-order valence-electron chi connectivity index (χ3n) is 4.25. The quantitative estimate of drug-likeness (QED) is 0.571. The lowest BCUT2D eigenvalue weighted by molar-refractivity contribution is 0.0901. The van der Waals surface area contributed by atoms with Crippen LogP contribution in [0.3, 0.4) is 0 Å². The standard InChI is InChI=1S/C18H20N4O2/c1-10-6-5-7-12-8-13-16(21-15(10)12)14(9-19-17(13)23)18(24)20-11(2)22(3)4/h5-9,11H,1-4H3,(H,19,23)(H,20,24). The second-order valence-electron chi connectivity index (χ2n) is 6.18. The Morgan fingerprint density at radius 2 is 2.04 bits per heavy atom. The van der Waals surface area contributed by atoms with Crippen molar-refractivity contribution in [1.29, 1.82) is 0 Å². The highest BCUT2D eigenvalue weighted by molar-refractivity contribution is 6.07. The molecule has 1 aromatic carbocycles. The van der Waals surface area contributed by atoms with E-state index in [9.17, 15) is 9.59 Å². The molecule has 3 rings (SSSR count). The van der Waals surface area contributed by atoms with Crippen LogP contribution in [0.25, 0.3) is 21.8 Å². The molecule has 2 aromatic heterocycles. The van der Waals surface area contributed by atoms with Gasteiger partial charge in [0.25, 0.3) is 11.5 Å². The largest absolute Gasteiger partial charge is 0.337 e. The number of H-pyrrole nitrogens is 1. The highest BCUT2D eigenvalue weighted by Gasteiger charge is 2.17. The SMILES string of the molecule is Cc1cccc2cc3c(=O)[nH]cc(C(=O)NC(C)N(C)C)c3nc12. The molecule has 0 saturated heterocycles. The number of para-hydroxylation sites is 1. The zero-order chi connectivity index (χ0) is 17.4. The molecular formula is C18H20N4O2. The minimum Gasteiger partial charge on any atom is -0.337 e. The molecule has 3 aromatic rings. The molecule has 0 saturated carbocycles. The van der Waals surface area contributed by atoms with Crippen LogP contribution in [0.15, 0.2) is 35.3 Å². The summed E-state index contributed by atoms with van der Waals surface area (Å²) >= 11 is 0. The van der Waals surface area contributed by atoms with Gasteiger partial charge in [-0.3, -0.25) is 14.5 Å². The predicted octanol–water partition coefficient (Wildman–Crippen LogP) is 2.02. The number of fused-ring (bicyclic) bond motifs is 2. The van der Waals surface area contributed by atoms with Crippen LogP contribution < -0.4 is 10.9 Å². The third kappa shape index (κ3) is 2.76. The topological polar surface area (TPSA) is 78.1 Å². The molecule has 6 nitrogen and oxygen atoms in total. The number of carbonyl (C=O) groups excluding carboxylic acids is 1. The number of nitrogens with one attached hydrogen (secondary N) is 2. The van der Waals surface area contributed by atoms with E-state index in [1.165, 1.54) is 6.20 Å². The molecule has 0 spiro atoms. The van der Waals surface area contributed by atoms with Crippen molar-refractivity contribution in [3.8, 4) is 0 Å². The molecule has 1 atom stereocenters. The number of hydrogen-bond donors (Lipinski definition) is 2. The maximum atomic E-state index is 12.6. The molecule has 0 radical (unpaired) electrons. The van der Waals surface area contributed by atoms with Crippen LogP contribution >= 0.6 is 0 Å². The van der Waals surface area contributed by atoms with Crippen LogP contribution in [-0.4, -0.2) is 41.0 Å². The Morgan fingerprint density at radius 1 is 1.29 bits per heavy atom. The molecule has 1 unspecified atom stereocenters. The van der Waals surface area contributed by atoms with Crippen molar-refractivity contribution in [2.45, 2.75) is 20.0 Å². The third-order valence-corrected chi connectivity index (χ3v) is 4.25. The first-order valence-electron chi connectivity index (χ1n) is 7.77. The van der Waals surface area contributed by atoms with E-state index in [2.05, 4.69) is 15.3 Å². The van der Waals surface area contributed by atoms with E-state index in [1.807, 2.05) is 51.0 Å². The lowest BCUT2D eigenvalue weighted by atomic mass is 10.1. The first-order valence-corrected chi connectivity index (χ1v) is 7.77. The van der Waals surface area contributed by atoms with E-state index < -0.39 is 0 Å². The average molecular weight is 324 g/mol. The number of nitrogens with zero attached hydrogens (tertiary/aromatic N) is 2. The van der Waals surface area contributed by atoms with Gasteiger partial charge in [-0.05, 0) is 39.6 Å². The molecule has 6 heteroatoms. The number of rotatable bonds is 3. The molecule has 124 valence electrons. The monoisotopic (exact) mass is 324 g/mol. The van der Waals surface area contributed by atoms with E-state index in [4.69, 9.17) is 0 Å². The zero-order valence-electron chi connectivity index (χ0n) is 14.2. The van der Waals surface area contributed by atoms with Gasteiger partial charge >= 0.3 is 0 Å². The summed E-state index contributed by atoms with van der Waals surface area (Å²) in [6.45, 7) is 3.85. The van der Waals surface area contributed by atoms with Crippen LogP contribution in [0.5, 0.6) is 0 Å². The van der Waals surface area contributed by atoms with Gasteiger partial charge < -0.3 is 10.3 Å². The van der Waals surface area contributed by atoms with Gasteiger partial charge in [-0.1, -0.05) is 18.2 Å². The normalized spacial score (nSPS) is 12.7. The summed E-state index contributed by atoms with van der Waals surface area (Å²) in [4.78, 5) is 33.9. The number of carbonyl (C=O) groups is 1. The number of aromatic amines is 1. The Kier molecular flexibility index (Phi) is 4.07. The number of hydrogen-bond acceptors (Lipinski definition) is 4. The van der Waals surface area contributed by atoms with Crippen LogP contribution in [0.2, 0.25) is 0 Å². The maximum Gasteiger partial charge on any atom is 0.257 e. The molecule has 2 N–H and O–H groups in total. The van der Waals surface area contributed by atoms with Crippen molar-refractivity contribution in [3.63, 3.8) is 0 Å². The van der Waals surface area contributed by atoms with Crippen molar-refractivity contribution in [2.24, 2.45) is 0 Å².